The molecular weight excluding hydrogens is 238 g/mol. The number of aryl methyl sites for hydroxylation is 2. The first-order valence-corrected chi connectivity index (χ1v) is 7.46. The zero-order valence-corrected chi connectivity index (χ0v) is 12.2. The fourth-order valence-electron chi connectivity index (χ4n) is 2.34. The predicted octanol–water partition coefficient (Wildman–Crippen LogP) is 4.26. The molecule has 18 heavy (non-hydrogen) atoms. The number of rotatable bonds is 5. The van der Waals surface area contributed by atoms with Crippen molar-refractivity contribution >= 4 is 11.3 Å². The quantitative estimate of drug-likeness (QED) is 0.846. The summed E-state index contributed by atoms with van der Waals surface area (Å²) in [4.78, 5) is 0. The molecule has 1 N–H and O–H groups in total. The van der Waals surface area contributed by atoms with Gasteiger partial charge >= 0.3 is 0 Å². The Balaban J connectivity index is 2.19. The lowest BCUT2D eigenvalue weighted by molar-refractivity contribution is 0.549. The van der Waals surface area contributed by atoms with Gasteiger partial charge in [0.1, 0.15) is 0 Å². The van der Waals surface area contributed by atoms with Gasteiger partial charge in [-0.05, 0) is 54.3 Å². The minimum absolute atomic E-state index is 0.433. The van der Waals surface area contributed by atoms with E-state index in [2.05, 4.69) is 61.1 Å². The van der Waals surface area contributed by atoms with Gasteiger partial charge in [-0.25, -0.2) is 0 Å². The summed E-state index contributed by atoms with van der Waals surface area (Å²) in [7, 11) is 0. The van der Waals surface area contributed by atoms with Gasteiger partial charge in [-0.3, -0.25) is 0 Å². The number of hydrogen-bond donors (Lipinski definition) is 1. The SMILES string of the molecule is CCNC(Cc1cccc(C)c1)c1cscc1C. The van der Waals surface area contributed by atoms with Crippen LogP contribution in [-0.4, -0.2) is 6.54 Å². The van der Waals surface area contributed by atoms with Gasteiger partial charge in [-0.1, -0.05) is 36.8 Å². The van der Waals surface area contributed by atoms with E-state index in [1.165, 1.54) is 22.3 Å². The van der Waals surface area contributed by atoms with Gasteiger partial charge in [0, 0.05) is 6.04 Å². The number of nitrogens with one attached hydrogen (secondary N) is 1. The van der Waals surface area contributed by atoms with Crippen LogP contribution in [0.25, 0.3) is 0 Å². The molecule has 2 rings (SSSR count). The first-order chi connectivity index (χ1) is 8.70. The van der Waals surface area contributed by atoms with E-state index in [4.69, 9.17) is 0 Å². The third-order valence-corrected chi connectivity index (χ3v) is 4.12. The molecule has 1 nitrogen and oxygen atoms in total. The topological polar surface area (TPSA) is 12.0 Å². The van der Waals surface area contributed by atoms with Gasteiger partial charge in [-0.15, -0.1) is 0 Å². The van der Waals surface area contributed by atoms with Gasteiger partial charge in [0.05, 0.1) is 0 Å². The molecule has 1 aromatic heterocycles. The zero-order chi connectivity index (χ0) is 13.0. The van der Waals surface area contributed by atoms with Gasteiger partial charge in [0.15, 0.2) is 0 Å². The summed E-state index contributed by atoms with van der Waals surface area (Å²) in [5, 5.41) is 8.11. The van der Waals surface area contributed by atoms with Crippen LogP contribution in [0, 0.1) is 13.8 Å². The van der Waals surface area contributed by atoms with Gasteiger partial charge in [0.25, 0.3) is 0 Å². The van der Waals surface area contributed by atoms with Gasteiger partial charge in [-0.2, -0.15) is 11.3 Å². The number of thiophene rings is 1. The second-order valence-electron chi connectivity index (χ2n) is 4.81. The van der Waals surface area contributed by atoms with Crippen LogP contribution >= 0.6 is 11.3 Å². The largest absolute Gasteiger partial charge is 0.310 e. The molecule has 96 valence electrons. The Morgan fingerprint density at radius 1 is 1.22 bits per heavy atom. The molecule has 0 aliphatic heterocycles. The van der Waals surface area contributed by atoms with E-state index in [0.717, 1.165) is 13.0 Å². The minimum atomic E-state index is 0.433. The Kier molecular flexibility index (Phi) is 4.56. The maximum absolute atomic E-state index is 3.60. The van der Waals surface area contributed by atoms with E-state index in [1.807, 2.05) is 0 Å². The van der Waals surface area contributed by atoms with Crippen LogP contribution in [0.15, 0.2) is 35.0 Å². The molecule has 0 aliphatic carbocycles. The summed E-state index contributed by atoms with van der Waals surface area (Å²) in [5.41, 5.74) is 5.60. The smallest absolute Gasteiger partial charge is 0.0371 e. The normalized spacial score (nSPS) is 12.6. The molecule has 0 bridgehead atoms. The van der Waals surface area contributed by atoms with Crippen LogP contribution in [0.1, 0.15) is 35.2 Å². The fraction of sp³-hybridized carbons (Fsp3) is 0.375. The van der Waals surface area contributed by atoms with Crippen LogP contribution in [0.3, 0.4) is 0 Å². The predicted molar refractivity (Wildman–Crippen MR) is 80.4 cm³/mol. The third kappa shape index (κ3) is 3.21. The summed E-state index contributed by atoms with van der Waals surface area (Å²) in [6, 6.07) is 9.24. The highest BCUT2D eigenvalue weighted by atomic mass is 32.1. The van der Waals surface area contributed by atoms with Gasteiger partial charge in [0.2, 0.25) is 0 Å². The highest BCUT2D eigenvalue weighted by Crippen LogP contribution is 2.25. The molecule has 1 unspecified atom stereocenters. The van der Waals surface area contributed by atoms with Crippen LogP contribution < -0.4 is 5.32 Å². The average molecular weight is 259 g/mol. The van der Waals surface area contributed by atoms with Crippen molar-refractivity contribution in [2.75, 3.05) is 6.54 Å². The molecule has 0 radical (unpaired) electrons. The van der Waals surface area contributed by atoms with E-state index >= 15 is 0 Å². The lowest BCUT2D eigenvalue weighted by atomic mass is 9.97. The summed E-state index contributed by atoms with van der Waals surface area (Å²) in [6.07, 6.45) is 1.06. The monoisotopic (exact) mass is 259 g/mol. The number of likely N-dealkylation sites (N-methyl/N-ethyl adjacent to an activating group) is 1. The Hall–Kier alpha value is -1.12. The van der Waals surface area contributed by atoms with Crippen LogP contribution in [0.4, 0.5) is 0 Å². The molecule has 2 heteroatoms. The molecule has 1 heterocycles. The molecular formula is C16H21NS. The molecule has 1 atom stereocenters. The Labute approximate surface area is 114 Å². The summed E-state index contributed by atoms with van der Waals surface area (Å²) >= 11 is 1.79. The summed E-state index contributed by atoms with van der Waals surface area (Å²) < 4.78 is 0. The summed E-state index contributed by atoms with van der Waals surface area (Å²) in [5.74, 6) is 0. The molecule has 1 aromatic carbocycles. The van der Waals surface area contributed by atoms with Crippen molar-refractivity contribution in [3.63, 3.8) is 0 Å². The fourth-order valence-corrected chi connectivity index (χ4v) is 3.25. The Morgan fingerprint density at radius 3 is 2.67 bits per heavy atom. The van der Waals surface area contributed by atoms with E-state index in [1.54, 1.807) is 11.3 Å². The van der Waals surface area contributed by atoms with Crippen LogP contribution in [-0.2, 0) is 6.42 Å². The second-order valence-corrected chi connectivity index (χ2v) is 5.56. The maximum atomic E-state index is 3.60. The second kappa shape index (κ2) is 6.17. The van der Waals surface area contributed by atoms with Crippen molar-refractivity contribution in [2.24, 2.45) is 0 Å². The molecule has 0 aliphatic rings. The molecule has 0 saturated heterocycles. The van der Waals surface area contributed by atoms with E-state index in [0.29, 0.717) is 6.04 Å². The molecule has 0 spiro atoms. The average Bonchev–Trinajstić information content (AvgIpc) is 2.75. The van der Waals surface area contributed by atoms with E-state index in [-0.39, 0.29) is 0 Å². The summed E-state index contributed by atoms with van der Waals surface area (Å²) in [6.45, 7) is 7.53. The third-order valence-electron chi connectivity index (χ3n) is 3.24. The maximum Gasteiger partial charge on any atom is 0.0371 e. The van der Waals surface area contributed by atoms with Crippen LogP contribution in [0.5, 0.6) is 0 Å². The van der Waals surface area contributed by atoms with E-state index < -0.39 is 0 Å². The van der Waals surface area contributed by atoms with Crippen molar-refractivity contribution in [1.82, 2.24) is 5.32 Å². The first kappa shape index (κ1) is 13.3. The van der Waals surface area contributed by atoms with Crippen molar-refractivity contribution in [3.05, 3.63) is 57.3 Å². The molecule has 2 aromatic rings. The highest BCUT2D eigenvalue weighted by Gasteiger charge is 2.14. The lowest BCUT2D eigenvalue weighted by Crippen LogP contribution is -2.23. The van der Waals surface area contributed by atoms with Crippen molar-refractivity contribution in [3.8, 4) is 0 Å². The first-order valence-electron chi connectivity index (χ1n) is 6.52. The Bertz CT molecular complexity index is 501. The zero-order valence-electron chi connectivity index (χ0n) is 11.4. The van der Waals surface area contributed by atoms with Gasteiger partial charge < -0.3 is 5.32 Å². The van der Waals surface area contributed by atoms with Crippen molar-refractivity contribution in [2.45, 2.75) is 33.2 Å². The van der Waals surface area contributed by atoms with Crippen molar-refractivity contribution in [1.29, 1.82) is 0 Å². The standard InChI is InChI=1S/C16H21NS/c1-4-17-16(15-11-18-10-13(15)3)9-14-7-5-6-12(2)8-14/h5-8,10-11,16-17H,4,9H2,1-3H3. The highest BCUT2D eigenvalue weighted by molar-refractivity contribution is 7.08. The Morgan fingerprint density at radius 2 is 2.06 bits per heavy atom. The number of hydrogen-bond acceptors (Lipinski definition) is 2. The van der Waals surface area contributed by atoms with Crippen molar-refractivity contribution < 1.29 is 0 Å². The van der Waals surface area contributed by atoms with E-state index in [9.17, 15) is 0 Å². The molecule has 0 saturated carbocycles. The lowest BCUT2D eigenvalue weighted by Gasteiger charge is -2.18. The molecule has 0 fully saturated rings. The van der Waals surface area contributed by atoms with Crippen LogP contribution in [0.2, 0.25) is 0 Å². The number of benzene rings is 1. The molecule has 0 amide bonds. The minimum Gasteiger partial charge on any atom is -0.310 e.